The lowest BCUT2D eigenvalue weighted by atomic mass is 10.2. The number of anilines is 1. The molecule has 1 heterocycles. The Kier molecular flexibility index (Phi) is 7.45. The second-order valence-corrected chi connectivity index (χ2v) is 10.2. The summed E-state index contributed by atoms with van der Waals surface area (Å²) in [6, 6.07) is 31.1. The highest BCUT2D eigenvalue weighted by Crippen LogP contribution is 2.37. The van der Waals surface area contributed by atoms with E-state index >= 15 is 0 Å². The monoisotopic (exact) mass is 524 g/mol. The standard InChI is InChI=1S/C31H25ClN2O2S/c1-21-10-14-25(15-11-21)33-31-34(26-16-12-22(2)13-17-26)30(35)29(37-31)19-23-6-5-8-27(18-23)36-20-24-7-3-4-9-28(24)32/h3-19H,20H2,1-2H3/b29-19-,33-31?. The van der Waals surface area contributed by atoms with E-state index in [1.165, 1.54) is 11.8 Å². The van der Waals surface area contributed by atoms with Crippen molar-refractivity contribution in [1.82, 2.24) is 0 Å². The van der Waals surface area contributed by atoms with Crippen LogP contribution in [-0.2, 0) is 11.4 Å². The Morgan fingerprint density at radius 1 is 0.892 bits per heavy atom. The first-order chi connectivity index (χ1) is 18.0. The zero-order chi connectivity index (χ0) is 25.8. The SMILES string of the molecule is Cc1ccc(N=C2S/C(=C\c3cccc(OCc4ccccc4Cl)c3)C(=O)N2c2ccc(C)cc2)cc1. The Balaban J connectivity index is 1.43. The number of thioether (sulfide) groups is 1. The Morgan fingerprint density at radius 3 is 2.32 bits per heavy atom. The van der Waals surface area contributed by atoms with Gasteiger partial charge in [-0.25, -0.2) is 4.99 Å². The minimum Gasteiger partial charge on any atom is -0.489 e. The second-order valence-electron chi connectivity index (χ2n) is 8.77. The number of hydrogen-bond donors (Lipinski definition) is 0. The van der Waals surface area contributed by atoms with Crippen molar-refractivity contribution in [3.8, 4) is 5.75 Å². The van der Waals surface area contributed by atoms with E-state index in [0.29, 0.717) is 27.5 Å². The van der Waals surface area contributed by atoms with E-state index < -0.39 is 0 Å². The zero-order valence-corrected chi connectivity index (χ0v) is 22.1. The van der Waals surface area contributed by atoms with E-state index in [1.807, 2.05) is 117 Å². The number of aryl methyl sites for hydroxylation is 2. The molecule has 0 radical (unpaired) electrons. The molecular formula is C31H25ClN2O2S. The summed E-state index contributed by atoms with van der Waals surface area (Å²) in [5.74, 6) is 0.593. The highest BCUT2D eigenvalue weighted by atomic mass is 35.5. The van der Waals surface area contributed by atoms with Crippen molar-refractivity contribution < 1.29 is 9.53 Å². The summed E-state index contributed by atoms with van der Waals surface area (Å²) in [4.78, 5) is 20.7. The van der Waals surface area contributed by atoms with Crippen LogP contribution in [0.15, 0.2) is 107 Å². The fraction of sp³-hybridized carbons (Fsp3) is 0.0968. The lowest BCUT2D eigenvalue weighted by molar-refractivity contribution is -0.113. The van der Waals surface area contributed by atoms with Crippen molar-refractivity contribution >= 4 is 51.9 Å². The van der Waals surface area contributed by atoms with Crippen LogP contribution in [-0.4, -0.2) is 11.1 Å². The third-order valence-corrected chi connectivity index (χ3v) is 7.20. The second kappa shape index (κ2) is 11.1. The molecule has 4 aromatic rings. The van der Waals surface area contributed by atoms with Gasteiger partial charge in [0.2, 0.25) is 0 Å². The van der Waals surface area contributed by atoms with E-state index in [9.17, 15) is 4.79 Å². The number of carbonyl (C=O) groups is 1. The maximum atomic E-state index is 13.6. The van der Waals surface area contributed by atoms with Crippen LogP contribution in [0.5, 0.6) is 5.75 Å². The molecule has 184 valence electrons. The number of amidine groups is 1. The average Bonchev–Trinajstić information content (AvgIpc) is 3.20. The maximum absolute atomic E-state index is 13.6. The average molecular weight is 525 g/mol. The minimum atomic E-state index is -0.109. The van der Waals surface area contributed by atoms with Crippen LogP contribution in [0.4, 0.5) is 11.4 Å². The quantitative estimate of drug-likeness (QED) is 0.238. The van der Waals surface area contributed by atoms with Crippen molar-refractivity contribution in [3.63, 3.8) is 0 Å². The lowest BCUT2D eigenvalue weighted by Gasteiger charge is -2.16. The summed E-state index contributed by atoms with van der Waals surface area (Å²) >= 11 is 7.62. The molecule has 4 aromatic carbocycles. The first-order valence-electron chi connectivity index (χ1n) is 11.9. The van der Waals surface area contributed by atoms with Crippen LogP contribution in [0.3, 0.4) is 0 Å². The van der Waals surface area contributed by atoms with Gasteiger partial charge in [0.15, 0.2) is 5.17 Å². The van der Waals surface area contributed by atoms with Gasteiger partial charge in [0.1, 0.15) is 12.4 Å². The molecule has 1 aliphatic heterocycles. The first-order valence-corrected chi connectivity index (χ1v) is 13.1. The van der Waals surface area contributed by atoms with Crippen molar-refractivity contribution in [2.24, 2.45) is 4.99 Å². The molecule has 37 heavy (non-hydrogen) atoms. The molecule has 1 amide bonds. The van der Waals surface area contributed by atoms with Crippen LogP contribution in [0.1, 0.15) is 22.3 Å². The zero-order valence-electron chi connectivity index (χ0n) is 20.5. The highest BCUT2D eigenvalue weighted by Gasteiger charge is 2.34. The van der Waals surface area contributed by atoms with Gasteiger partial charge >= 0.3 is 0 Å². The van der Waals surface area contributed by atoms with Gasteiger partial charge in [-0.15, -0.1) is 0 Å². The van der Waals surface area contributed by atoms with Gasteiger partial charge < -0.3 is 4.74 Å². The molecule has 0 bridgehead atoms. The van der Waals surface area contributed by atoms with Crippen molar-refractivity contribution in [2.45, 2.75) is 20.5 Å². The van der Waals surface area contributed by atoms with Crippen LogP contribution < -0.4 is 9.64 Å². The third-order valence-electron chi connectivity index (χ3n) is 5.87. The number of hydrogen-bond acceptors (Lipinski definition) is 4. The van der Waals surface area contributed by atoms with E-state index in [0.717, 1.165) is 33.6 Å². The Labute approximate surface area is 226 Å². The van der Waals surface area contributed by atoms with Crippen molar-refractivity contribution in [1.29, 1.82) is 0 Å². The summed E-state index contributed by atoms with van der Waals surface area (Å²) in [5, 5.41) is 1.29. The molecule has 1 saturated heterocycles. The number of aliphatic imine (C=N–C) groups is 1. The summed E-state index contributed by atoms with van der Waals surface area (Å²) < 4.78 is 5.98. The van der Waals surface area contributed by atoms with E-state index in [1.54, 1.807) is 4.90 Å². The molecule has 1 aliphatic rings. The third kappa shape index (κ3) is 5.96. The predicted octanol–water partition coefficient (Wildman–Crippen LogP) is 8.34. The molecule has 0 aromatic heterocycles. The lowest BCUT2D eigenvalue weighted by Crippen LogP contribution is -2.28. The summed E-state index contributed by atoms with van der Waals surface area (Å²) in [5.41, 5.74) is 5.66. The fourth-order valence-corrected chi connectivity index (χ4v) is 5.01. The molecule has 0 unspecified atom stereocenters. The van der Waals surface area contributed by atoms with Gasteiger partial charge in [0, 0.05) is 10.6 Å². The molecule has 0 atom stereocenters. The number of ether oxygens (including phenoxy) is 1. The van der Waals surface area contributed by atoms with E-state index in [-0.39, 0.29) is 5.91 Å². The van der Waals surface area contributed by atoms with Gasteiger partial charge in [-0.3, -0.25) is 9.69 Å². The largest absolute Gasteiger partial charge is 0.489 e. The van der Waals surface area contributed by atoms with Crippen LogP contribution >= 0.6 is 23.4 Å². The van der Waals surface area contributed by atoms with Gasteiger partial charge in [0.25, 0.3) is 5.91 Å². The van der Waals surface area contributed by atoms with Crippen molar-refractivity contribution in [3.05, 3.63) is 129 Å². The Morgan fingerprint density at radius 2 is 1.59 bits per heavy atom. The van der Waals surface area contributed by atoms with E-state index in [2.05, 4.69) is 0 Å². The summed E-state index contributed by atoms with van der Waals surface area (Å²) in [6.45, 7) is 4.43. The normalized spacial score (nSPS) is 15.5. The minimum absolute atomic E-state index is 0.109. The first kappa shape index (κ1) is 24.9. The molecule has 0 spiro atoms. The van der Waals surface area contributed by atoms with Crippen LogP contribution in [0.25, 0.3) is 6.08 Å². The van der Waals surface area contributed by atoms with Gasteiger partial charge in [-0.05, 0) is 79.7 Å². The maximum Gasteiger partial charge on any atom is 0.271 e. The molecule has 0 N–H and O–H groups in total. The molecule has 1 fully saturated rings. The van der Waals surface area contributed by atoms with Crippen molar-refractivity contribution in [2.75, 3.05) is 4.90 Å². The Hall–Kier alpha value is -3.80. The van der Waals surface area contributed by atoms with Gasteiger partial charge in [-0.2, -0.15) is 0 Å². The molecule has 6 heteroatoms. The molecule has 5 rings (SSSR count). The smallest absolute Gasteiger partial charge is 0.271 e. The number of rotatable bonds is 6. The number of carbonyl (C=O) groups excluding carboxylic acids is 1. The molecular weight excluding hydrogens is 500 g/mol. The van der Waals surface area contributed by atoms with Gasteiger partial charge in [-0.1, -0.05) is 77.3 Å². The highest BCUT2D eigenvalue weighted by molar-refractivity contribution is 8.19. The number of amides is 1. The van der Waals surface area contributed by atoms with Gasteiger partial charge in [0.05, 0.1) is 16.3 Å². The van der Waals surface area contributed by atoms with Crippen LogP contribution in [0, 0.1) is 13.8 Å². The number of benzene rings is 4. The van der Waals surface area contributed by atoms with Crippen LogP contribution in [0.2, 0.25) is 5.02 Å². The van der Waals surface area contributed by atoms with E-state index in [4.69, 9.17) is 21.3 Å². The summed E-state index contributed by atoms with van der Waals surface area (Å²) in [6.07, 6.45) is 1.88. The topological polar surface area (TPSA) is 41.9 Å². The fourth-order valence-electron chi connectivity index (χ4n) is 3.82. The predicted molar refractivity (Wildman–Crippen MR) is 155 cm³/mol. The molecule has 0 aliphatic carbocycles. The number of nitrogens with zero attached hydrogens (tertiary/aromatic N) is 2. The Bertz CT molecular complexity index is 1490. The molecule has 0 saturated carbocycles. The number of halogens is 1. The summed E-state index contributed by atoms with van der Waals surface area (Å²) in [7, 11) is 0. The molecule has 4 nitrogen and oxygen atoms in total.